The molecule has 1 aromatic carbocycles. The quantitative estimate of drug-likeness (QED) is 0.884. The van der Waals surface area contributed by atoms with E-state index in [-0.39, 0.29) is 5.91 Å². The van der Waals surface area contributed by atoms with Gasteiger partial charge in [0.25, 0.3) is 5.91 Å². The van der Waals surface area contributed by atoms with Crippen LogP contribution in [0.3, 0.4) is 0 Å². The average Bonchev–Trinajstić information content (AvgIpc) is 2.37. The SMILES string of the molecule is CCCC(C(=O)O)N1CCc2ccccc2C1=O. The number of hydrogen-bond donors (Lipinski definition) is 1. The largest absolute Gasteiger partial charge is 0.480 e. The molecule has 2 rings (SSSR count). The summed E-state index contributed by atoms with van der Waals surface area (Å²) in [5, 5.41) is 9.23. The van der Waals surface area contributed by atoms with Gasteiger partial charge in [-0.3, -0.25) is 4.79 Å². The minimum Gasteiger partial charge on any atom is -0.480 e. The van der Waals surface area contributed by atoms with Crippen molar-refractivity contribution < 1.29 is 14.7 Å². The topological polar surface area (TPSA) is 57.6 Å². The minimum atomic E-state index is -0.912. The van der Waals surface area contributed by atoms with Crippen molar-refractivity contribution in [2.45, 2.75) is 32.2 Å². The molecule has 18 heavy (non-hydrogen) atoms. The van der Waals surface area contributed by atoms with Gasteiger partial charge in [-0.25, -0.2) is 4.79 Å². The van der Waals surface area contributed by atoms with E-state index in [0.717, 1.165) is 18.4 Å². The lowest BCUT2D eigenvalue weighted by molar-refractivity contribution is -0.142. The Morgan fingerprint density at radius 1 is 1.44 bits per heavy atom. The van der Waals surface area contributed by atoms with Crippen LogP contribution in [-0.2, 0) is 11.2 Å². The minimum absolute atomic E-state index is 0.155. The second kappa shape index (κ2) is 5.21. The number of carbonyl (C=O) groups is 2. The number of benzene rings is 1. The Morgan fingerprint density at radius 3 is 2.83 bits per heavy atom. The van der Waals surface area contributed by atoms with Gasteiger partial charge in [-0.2, -0.15) is 0 Å². The van der Waals surface area contributed by atoms with E-state index in [0.29, 0.717) is 18.5 Å². The smallest absolute Gasteiger partial charge is 0.326 e. The molecule has 1 heterocycles. The van der Waals surface area contributed by atoms with Gasteiger partial charge in [0.05, 0.1) is 0 Å². The summed E-state index contributed by atoms with van der Waals surface area (Å²) in [5.74, 6) is -1.07. The van der Waals surface area contributed by atoms with Crippen LogP contribution in [-0.4, -0.2) is 34.5 Å². The Bertz CT molecular complexity index is 470. The third-order valence-electron chi connectivity index (χ3n) is 3.35. The molecule has 0 bridgehead atoms. The highest BCUT2D eigenvalue weighted by molar-refractivity contribution is 5.98. The average molecular weight is 247 g/mol. The Kier molecular flexibility index (Phi) is 3.65. The molecule has 0 saturated heterocycles. The van der Waals surface area contributed by atoms with Gasteiger partial charge in [0.1, 0.15) is 6.04 Å². The molecule has 96 valence electrons. The van der Waals surface area contributed by atoms with Crippen LogP contribution in [0.4, 0.5) is 0 Å². The van der Waals surface area contributed by atoms with E-state index in [2.05, 4.69) is 0 Å². The summed E-state index contributed by atoms with van der Waals surface area (Å²) >= 11 is 0. The molecule has 0 fully saturated rings. The van der Waals surface area contributed by atoms with E-state index in [4.69, 9.17) is 0 Å². The number of carboxylic acid groups (broad SMARTS) is 1. The number of carbonyl (C=O) groups excluding carboxylic acids is 1. The fraction of sp³-hybridized carbons (Fsp3) is 0.429. The monoisotopic (exact) mass is 247 g/mol. The molecule has 0 saturated carbocycles. The van der Waals surface area contributed by atoms with Gasteiger partial charge in [0.15, 0.2) is 0 Å². The lowest BCUT2D eigenvalue weighted by atomic mass is 9.97. The number of rotatable bonds is 4. The molecule has 0 spiro atoms. The zero-order valence-corrected chi connectivity index (χ0v) is 10.4. The zero-order chi connectivity index (χ0) is 13.1. The summed E-state index contributed by atoms with van der Waals surface area (Å²) in [6.07, 6.45) is 1.99. The van der Waals surface area contributed by atoms with Crippen molar-refractivity contribution in [1.82, 2.24) is 4.90 Å². The first-order valence-corrected chi connectivity index (χ1v) is 6.26. The summed E-state index contributed by atoms with van der Waals surface area (Å²) in [5.41, 5.74) is 1.66. The summed E-state index contributed by atoms with van der Waals surface area (Å²) in [6, 6.07) is 6.73. The van der Waals surface area contributed by atoms with E-state index in [1.54, 1.807) is 6.07 Å². The van der Waals surface area contributed by atoms with E-state index in [9.17, 15) is 14.7 Å². The highest BCUT2D eigenvalue weighted by Crippen LogP contribution is 2.22. The number of carboxylic acids is 1. The Morgan fingerprint density at radius 2 is 2.17 bits per heavy atom. The second-order valence-corrected chi connectivity index (χ2v) is 4.55. The van der Waals surface area contributed by atoms with Gasteiger partial charge in [-0.15, -0.1) is 0 Å². The molecule has 1 unspecified atom stereocenters. The van der Waals surface area contributed by atoms with Gasteiger partial charge in [-0.05, 0) is 24.5 Å². The van der Waals surface area contributed by atoms with Crippen molar-refractivity contribution in [2.75, 3.05) is 6.54 Å². The van der Waals surface area contributed by atoms with Crippen molar-refractivity contribution in [3.63, 3.8) is 0 Å². The van der Waals surface area contributed by atoms with Gasteiger partial charge in [-0.1, -0.05) is 31.5 Å². The molecule has 1 amide bonds. The molecule has 1 aliphatic heterocycles. The molecule has 0 aliphatic carbocycles. The normalized spacial score (nSPS) is 16.3. The standard InChI is InChI=1S/C14H17NO3/c1-2-5-12(14(17)18)15-9-8-10-6-3-4-7-11(10)13(15)16/h3-4,6-7,12H,2,5,8-9H2,1H3,(H,17,18). The first-order chi connectivity index (χ1) is 8.65. The molecule has 4 heteroatoms. The van der Waals surface area contributed by atoms with Gasteiger partial charge in [0.2, 0.25) is 0 Å². The van der Waals surface area contributed by atoms with Gasteiger partial charge >= 0.3 is 5.97 Å². The molecular formula is C14H17NO3. The molecule has 0 aromatic heterocycles. The van der Waals surface area contributed by atoms with E-state index >= 15 is 0 Å². The number of fused-ring (bicyclic) bond motifs is 1. The molecule has 1 N–H and O–H groups in total. The molecule has 0 radical (unpaired) electrons. The van der Waals surface area contributed by atoms with Crippen molar-refractivity contribution in [3.8, 4) is 0 Å². The Hall–Kier alpha value is -1.84. The van der Waals surface area contributed by atoms with Crippen LogP contribution in [0.25, 0.3) is 0 Å². The number of aliphatic carboxylic acids is 1. The predicted molar refractivity (Wildman–Crippen MR) is 67.5 cm³/mol. The lowest BCUT2D eigenvalue weighted by Gasteiger charge is -2.33. The van der Waals surface area contributed by atoms with Gasteiger partial charge < -0.3 is 10.0 Å². The maximum Gasteiger partial charge on any atom is 0.326 e. The van der Waals surface area contributed by atoms with E-state index < -0.39 is 12.0 Å². The van der Waals surface area contributed by atoms with Crippen LogP contribution >= 0.6 is 0 Å². The lowest BCUT2D eigenvalue weighted by Crippen LogP contribution is -2.48. The maximum atomic E-state index is 12.3. The third-order valence-corrected chi connectivity index (χ3v) is 3.35. The van der Waals surface area contributed by atoms with Crippen LogP contribution in [0.15, 0.2) is 24.3 Å². The van der Waals surface area contributed by atoms with Crippen LogP contribution in [0.5, 0.6) is 0 Å². The number of nitrogens with zero attached hydrogens (tertiary/aromatic N) is 1. The van der Waals surface area contributed by atoms with Crippen LogP contribution in [0.2, 0.25) is 0 Å². The van der Waals surface area contributed by atoms with Crippen molar-refractivity contribution in [2.24, 2.45) is 0 Å². The molecule has 4 nitrogen and oxygen atoms in total. The van der Waals surface area contributed by atoms with Crippen molar-refractivity contribution in [1.29, 1.82) is 0 Å². The van der Waals surface area contributed by atoms with Crippen LogP contribution in [0.1, 0.15) is 35.7 Å². The van der Waals surface area contributed by atoms with Crippen molar-refractivity contribution in [3.05, 3.63) is 35.4 Å². The fourth-order valence-electron chi connectivity index (χ4n) is 2.43. The third kappa shape index (κ3) is 2.23. The molecular weight excluding hydrogens is 230 g/mol. The maximum absolute atomic E-state index is 12.3. The number of hydrogen-bond acceptors (Lipinski definition) is 2. The first kappa shape index (κ1) is 12.6. The fourth-order valence-corrected chi connectivity index (χ4v) is 2.43. The van der Waals surface area contributed by atoms with Gasteiger partial charge in [0, 0.05) is 12.1 Å². The zero-order valence-electron chi connectivity index (χ0n) is 10.4. The second-order valence-electron chi connectivity index (χ2n) is 4.55. The van der Waals surface area contributed by atoms with Crippen LogP contribution in [0, 0.1) is 0 Å². The number of amides is 1. The summed E-state index contributed by atoms with van der Waals surface area (Å²) in [4.78, 5) is 25.0. The summed E-state index contributed by atoms with van der Waals surface area (Å²) in [7, 11) is 0. The molecule has 1 atom stereocenters. The molecule has 1 aliphatic rings. The summed E-state index contributed by atoms with van der Waals surface area (Å²) in [6.45, 7) is 2.42. The van der Waals surface area contributed by atoms with Crippen LogP contribution < -0.4 is 0 Å². The first-order valence-electron chi connectivity index (χ1n) is 6.26. The van der Waals surface area contributed by atoms with Crippen molar-refractivity contribution >= 4 is 11.9 Å². The highest BCUT2D eigenvalue weighted by atomic mass is 16.4. The predicted octanol–water partition coefficient (Wildman–Crippen LogP) is 1.94. The Labute approximate surface area is 106 Å². The van der Waals surface area contributed by atoms with E-state index in [1.165, 1.54) is 4.90 Å². The highest BCUT2D eigenvalue weighted by Gasteiger charge is 2.32. The Balaban J connectivity index is 2.27. The molecule has 1 aromatic rings. The summed E-state index contributed by atoms with van der Waals surface area (Å²) < 4.78 is 0. The van der Waals surface area contributed by atoms with E-state index in [1.807, 2.05) is 25.1 Å².